The van der Waals surface area contributed by atoms with Crippen LogP contribution in [0.5, 0.6) is 0 Å². The Hall–Kier alpha value is -1.15. The molecule has 0 unspecified atom stereocenters. The van der Waals surface area contributed by atoms with E-state index in [9.17, 15) is 18.0 Å². The SMILES string of the molecule is Cc1csc(N(CC(F)(F)F)C(=O)CC[C@H]2CC[C@@H](C)O2)n1. The highest BCUT2D eigenvalue weighted by Crippen LogP contribution is 2.27. The van der Waals surface area contributed by atoms with Crippen molar-refractivity contribution in [1.82, 2.24) is 4.98 Å². The Morgan fingerprint density at radius 1 is 1.50 bits per heavy atom. The number of hydrogen-bond donors (Lipinski definition) is 0. The number of halogens is 3. The molecule has 4 nitrogen and oxygen atoms in total. The van der Waals surface area contributed by atoms with Crippen molar-refractivity contribution >= 4 is 22.4 Å². The number of thiazole rings is 1. The summed E-state index contributed by atoms with van der Waals surface area (Å²) < 4.78 is 43.7. The maximum absolute atomic E-state index is 12.7. The fourth-order valence-electron chi connectivity index (χ4n) is 2.42. The molecule has 0 saturated carbocycles. The number of alkyl halides is 3. The fraction of sp³-hybridized carbons (Fsp3) is 0.714. The van der Waals surface area contributed by atoms with Gasteiger partial charge in [-0.25, -0.2) is 4.98 Å². The van der Waals surface area contributed by atoms with Crippen LogP contribution in [-0.2, 0) is 9.53 Å². The van der Waals surface area contributed by atoms with E-state index in [0.29, 0.717) is 12.1 Å². The summed E-state index contributed by atoms with van der Waals surface area (Å²) in [4.78, 5) is 16.9. The second kappa shape index (κ2) is 6.95. The van der Waals surface area contributed by atoms with Crippen LogP contribution in [0.2, 0.25) is 0 Å². The zero-order valence-electron chi connectivity index (χ0n) is 12.5. The van der Waals surface area contributed by atoms with Gasteiger partial charge in [0.15, 0.2) is 5.13 Å². The first-order valence-electron chi connectivity index (χ1n) is 7.19. The predicted molar refractivity (Wildman–Crippen MR) is 78.1 cm³/mol. The van der Waals surface area contributed by atoms with E-state index in [0.717, 1.165) is 29.1 Å². The lowest BCUT2D eigenvalue weighted by atomic mass is 10.1. The number of rotatable bonds is 5. The first-order chi connectivity index (χ1) is 10.2. The second-order valence-corrected chi connectivity index (χ2v) is 6.39. The summed E-state index contributed by atoms with van der Waals surface area (Å²) in [5.41, 5.74) is 0.605. The van der Waals surface area contributed by atoms with Crippen molar-refractivity contribution in [3.8, 4) is 0 Å². The molecule has 0 aliphatic carbocycles. The lowest BCUT2D eigenvalue weighted by Crippen LogP contribution is -2.39. The van der Waals surface area contributed by atoms with E-state index in [2.05, 4.69) is 4.98 Å². The molecule has 1 amide bonds. The molecule has 124 valence electrons. The summed E-state index contributed by atoms with van der Waals surface area (Å²) in [5.74, 6) is -0.560. The minimum absolute atomic E-state index is 0.0338. The van der Waals surface area contributed by atoms with Gasteiger partial charge in [0, 0.05) is 11.8 Å². The highest BCUT2D eigenvalue weighted by molar-refractivity contribution is 7.14. The van der Waals surface area contributed by atoms with E-state index >= 15 is 0 Å². The quantitative estimate of drug-likeness (QED) is 0.823. The van der Waals surface area contributed by atoms with Gasteiger partial charge in [-0.15, -0.1) is 11.3 Å². The van der Waals surface area contributed by atoms with Crippen LogP contribution in [0.3, 0.4) is 0 Å². The molecule has 0 spiro atoms. The summed E-state index contributed by atoms with van der Waals surface area (Å²) in [6.07, 6.45) is -2.07. The van der Waals surface area contributed by atoms with Crippen molar-refractivity contribution in [2.75, 3.05) is 11.4 Å². The van der Waals surface area contributed by atoms with Crippen molar-refractivity contribution in [3.63, 3.8) is 0 Å². The van der Waals surface area contributed by atoms with Crippen LogP contribution >= 0.6 is 11.3 Å². The normalized spacial score (nSPS) is 22.0. The number of aromatic nitrogens is 1. The summed E-state index contributed by atoms with van der Waals surface area (Å²) in [7, 11) is 0. The van der Waals surface area contributed by atoms with E-state index in [4.69, 9.17) is 4.74 Å². The minimum Gasteiger partial charge on any atom is -0.375 e. The van der Waals surface area contributed by atoms with Crippen LogP contribution in [-0.4, -0.2) is 35.8 Å². The van der Waals surface area contributed by atoms with Gasteiger partial charge in [-0.3, -0.25) is 9.69 Å². The summed E-state index contributed by atoms with van der Waals surface area (Å²) in [5, 5.41) is 1.73. The third-order valence-corrected chi connectivity index (χ3v) is 4.46. The molecule has 1 aliphatic heterocycles. The highest BCUT2D eigenvalue weighted by atomic mass is 32.1. The molecule has 2 heterocycles. The average molecular weight is 336 g/mol. The van der Waals surface area contributed by atoms with Crippen molar-refractivity contribution in [2.24, 2.45) is 0 Å². The number of carbonyl (C=O) groups excluding carboxylic acids is 1. The Balaban J connectivity index is 1.99. The number of anilines is 1. The van der Waals surface area contributed by atoms with Gasteiger partial charge < -0.3 is 4.74 Å². The van der Waals surface area contributed by atoms with Gasteiger partial charge in [-0.2, -0.15) is 13.2 Å². The Labute approximate surface area is 131 Å². The maximum atomic E-state index is 12.7. The molecular formula is C14H19F3N2O2S. The molecule has 0 N–H and O–H groups in total. The number of nitrogens with zero attached hydrogens (tertiary/aromatic N) is 2. The molecular weight excluding hydrogens is 317 g/mol. The zero-order chi connectivity index (χ0) is 16.3. The maximum Gasteiger partial charge on any atom is 0.406 e. The van der Waals surface area contributed by atoms with Gasteiger partial charge in [0.2, 0.25) is 5.91 Å². The van der Waals surface area contributed by atoms with E-state index in [1.807, 2.05) is 6.92 Å². The smallest absolute Gasteiger partial charge is 0.375 e. The molecule has 0 aromatic carbocycles. The van der Waals surface area contributed by atoms with Crippen LogP contribution in [0.4, 0.5) is 18.3 Å². The molecule has 1 aromatic heterocycles. The molecule has 2 rings (SSSR count). The molecule has 1 fully saturated rings. The monoisotopic (exact) mass is 336 g/mol. The summed E-state index contributed by atoms with van der Waals surface area (Å²) in [6, 6.07) is 0. The number of carbonyl (C=O) groups is 1. The van der Waals surface area contributed by atoms with Gasteiger partial charge >= 0.3 is 6.18 Å². The first kappa shape index (κ1) is 17.2. The van der Waals surface area contributed by atoms with E-state index < -0.39 is 18.6 Å². The van der Waals surface area contributed by atoms with Gasteiger partial charge in [0.1, 0.15) is 6.54 Å². The van der Waals surface area contributed by atoms with Gasteiger partial charge in [0.05, 0.1) is 17.9 Å². The number of aryl methyl sites for hydroxylation is 1. The predicted octanol–water partition coefficient (Wildman–Crippen LogP) is 3.69. The Kier molecular flexibility index (Phi) is 5.44. The van der Waals surface area contributed by atoms with Gasteiger partial charge in [-0.05, 0) is 33.1 Å². The molecule has 0 radical (unpaired) electrons. The lowest BCUT2D eigenvalue weighted by molar-refractivity contribution is -0.132. The molecule has 0 bridgehead atoms. The van der Waals surface area contributed by atoms with Crippen molar-refractivity contribution in [1.29, 1.82) is 0 Å². The van der Waals surface area contributed by atoms with Gasteiger partial charge in [0.25, 0.3) is 0 Å². The molecule has 1 aromatic rings. The van der Waals surface area contributed by atoms with Crippen molar-refractivity contribution < 1.29 is 22.7 Å². The average Bonchev–Trinajstić information content (AvgIpc) is 3.01. The Morgan fingerprint density at radius 3 is 2.73 bits per heavy atom. The topological polar surface area (TPSA) is 42.4 Å². The Morgan fingerprint density at radius 2 is 2.23 bits per heavy atom. The van der Waals surface area contributed by atoms with Crippen LogP contribution in [0.1, 0.15) is 38.3 Å². The van der Waals surface area contributed by atoms with Crippen molar-refractivity contribution in [2.45, 2.75) is 57.9 Å². The largest absolute Gasteiger partial charge is 0.406 e. The lowest BCUT2D eigenvalue weighted by Gasteiger charge is -2.22. The second-order valence-electron chi connectivity index (χ2n) is 5.55. The van der Waals surface area contributed by atoms with Crippen LogP contribution in [0.25, 0.3) is 0 Å². The molecule has 1 aliphatic rings. The molecule has 22 heavy (non-hydrogen) atoms. The number of ether oxygens (including phenoxy) is 1. The molecule has 2 atom stereocenters. The van der Waals surface area contributed by atoms with Gasteiger partial charge in [-0.1, -0.05) is 0 Å². The first-order valence-corrected chi connectivity index (χ1v) is 8.07. The van der Waals surface area contributed by atoms with E-state index in [1.54, 1.807) is 12.3 Å². The van der Waals surface area contributed by atoms with E-state index in [1.165, 1.54) is 0 Å². The zero-order valence-corrected chi connectivity index (χ0v) is 13.3. The number of hydrogen-bond acceptors (Lipinski definition) is 4. The Bertz CT molecular complexity index is 518. The fourth-order valence-corrected chi connectivity index (χ4v) is 3.24. The van der Waals surface area contributed by atoms with Crippen molar-refractivity contribution in [3.05, 3.63) is 11.1 Å². The van der Waals surface area contributed by atoms with Crippen LogP contribution in [0.15, 0.2) is 5.38 Å². The van der Waals surface area contributed by atoms with Crippen LogP contribution < -0.4 is 4.90 Å². The molecule has 1 saturated heterocycles. The van der Waals surface area contributed by atoms with Crippen LogP contribution in [0, 0.1) is 6.92 Å². The van der Waals surface area contributed by atoms with E-state index in [-0.39, 0.29) is 23.8 Å². The molecule has 8 heteroatoms. The standard InChI is InChI=1S/C14H19F3N2O2S/c1-9-7-22-13(18-9)19(8-14(15,16)17)12(20)6-5-11-4-3-10(2)21-11/h7,10-11H,3-6,8H2,1-2H3/t10-,11-/m1/s1. The summed E-state index contributed by atoms with van der Waals surface area (Å²) in [6.45, 7) is 2.33. The third-order valence-electron chi connectivity index (χ3n) is 3.48. The third kappa shape index (κ3) is 4.95. The minimum atomic E-state index is -4.45. The highest BCUT2D eigenvalue weighted by Gasteiger charge is 2.35. The number of amides is 1. The summed E-state index contributed by atoms with van der Waals surface area (Å²) >= 11 is 1.05.